The fourth-order valence-corrected chi connectivity index (χ4v) is 4.10. The van der Waals surface area contributed by atoms with Crippen molar-refractivity contribution in [2.45, 2.75) is 32.0 Å². The van der Waals surface area contributed by atoms with Crippen molar-refractivity contribution in [1.82, 2.24) is 24.3 Å². The summed E-state index contributed by atoms with van der Waals surface area (Å²) in [5.74, 6) is 1.04. The lowest BCUT2D eigenvalue weighted by Gasteiger charge is -2.31. The molecule has 0 aliphatic carbocycles. The summed E-state index contributed by atoms with van der Waals surface area (Å²) in [5.41, 5.74) is 1.87. The van der Waals surface area contributed by atoms with Crippen molar-refractivity contribution >= 4 is 22.7 Å². The Morgan fingerprint density at radius 2 is 2.22 bits per heavy atom. The average Bonchev–Trinajstić information content (AvgIpc) is 3.31. The van der Waals surface area contributed by atoms with Gasteiger partial charge in [-0.3, -0.25) is 4.68 Å². The van der Waals surface area contributed by atoms with Crippen LogP contribution in [0.2, 0.25) is 0 Å². The van der Waals surface area contributed by atoms with Crippen LogP contribution in [0, 0.1) is 17.2 Å². The Labute approximate surface area is 184 Å². The van der Waals surface area contributed by atoms with Crippen LogP contribution in [-0.2, 0) is 16.0 Å². The van der Waals surface area contributed by atoms with Crippen molar-refractivity contribution in [2.24, 2.45) is 5.92 Å². The highest BCUT2D eigenvalue weighted by Gasteiger charge is 2.28. The van der Waals surface area contributed by atoms with Crippen LogP contribution in [0.25, 0.3) is 11.0 Å². The maximum absolute atomic E-state index is 9.72. The van der Waals surface area contributed by atoms with Crippen LogP contribution in [-0.4, -0.2) is 68.6 Å². The first kappa shape index (κ1) is 20.7. The monoisotopic (exact) mass is 439 g/mol. The van der Waals surface area contributed by atoms with E-state index >= 15 is 0 Å². The largest absolute Gasteiger partial charge is 0.467 e. The molecular formula is C21H25N7O4. The second-order valence-electron chi connectivity index (χ2n) is 8.13. The Morgan fingerprint density at radius 1 is 1.34 bits per heavy atom. The number of hydrogen-bond acceptors (Lipinski definition) is 9. The molecule has 0 spiro atoms. The van der Waals surface area contributed by atoms with Crippen LogP contribution >= 0.6 is 0 Å². The lowest BCUT2D eigenvalue weighted by atomic mass is 9.97. The number of fused-ring (bicyclic) bond motifs is 1. The molecule has 32 heavy (non-hydrogen) atoms. The zero-order valence-electron chi connectivity index (χ0n) is 17.8. The van der Waals surface area contributed by atoms with Gasteiger partial charge in [0.05, 0.1) is 39.2 Å². The summed E-state index contributed by atoms with van der Waals surface area (Å²) >= 11 is 0. The lowest BCUT2D eigenvalue weighted by Crippen LogP contribution is -2.38. The van der Waals surface area contributed by atoms with E-state index in [0.29, 0.717) is 61.8 Å². The SMILES string of the molecule is C[C@@H]1COCCC1n1c(C#N)cc2cnc(Nc3cn(CCO)nc3OC3COC3)nc21. The number of hydrogen-bond donors (Lipinski definition) is 2. The van der Waals surface area contributed by atoms with Gasteiger partial charge in [0.1, 0.15) is 29.2 Å². The third-order valence-corrected chi connectivity index (χ3v) is 5.81. The second kappa shape index (κ2) is 8.74. The second-order valence-corrected chi connectivity index (χ2v) is 8.13. The number of aliphatic hydroxyl groups excluding tert-OH is 1. The van der Waals surface area contributed by atoms with Crippen LogP contribution in [0.5, 0.6) is 5.88 Å². The number of aliphatic hydroxyl groups is 1. The van der Waals surface area contributed by atoms with Crippen LogP contribution in [0.3, 0.4) is 0 Å². The van der Waals surface area contributed by atoms with E-state index in [4.69, 9.17) is 19.2 Å². The summed E-state index contributed by atoms with van der Waals surface area (Å²) in [7, 11) is 0. The van der Waals surface area contributed by atoms with E-state index in [1.807, 2.05) is 10.6 Å². The quantitative estimate of drug-likeness (QED) is 0.563. The van der Waals surface area contributed by atoms with Gasteiger partial charge >= 0.3 is 0 Å². The fraction of sp³-hybridized carbons (Fsp3) is 0.524. The molecule has 168 valence electrons. The molecular weight excluding hydrogens is 414 g/mol. The molecule has 2 aliphatic heterocycles. The molecule has 2 aliphatic rings. The van der Waals surface area contributed by atoms with E-state index in [2.05, 4.69) is 28.4 Å². The van der Waals surface area contributed by atoms with E-state index < -0.39 is 0 Å². The van der Waals surface area contributed by atoms with Crippen LogP contribution in [0.1, 0.15) is 25.1 Å². The first-order valence-electron chi connectivity index (χ1n) is 10.7. The molecule has 0 amide bonds. The zero-order valence-corrected chi connectivity index (χ0v) is 17.8. The van der Waals surface area contributed by atoms with E-state index in [1.165, 1.54) is 0 Å². The molecule has 0 bridgehead atoms. The van der Waals surface area contributed by atoms with Gasteiger partial charge in [-0.1, -0.05) is 6.92 Å². The predicted molar refractivity (Wildman–Crippen MR) is 114 cm³/mol. The third-order valence-electron chi connectivity index (χ3n) is 5.81. The first-order valence-corrected chi connectivity index (χ1v) is 10.7. The van der Waals surface area contributed by atoms with Gasteiger partial charge in [0.2, 0.25) is 5.95 Å². The first-order chi connectivity index (χ1) is 15.7. The Bertz CT molecular complexity index is 1150. The highest BCUT2D eigenvalue weighted by atomic mass is 16.6. The predicted octanol–water partition coefficient (Wildman–Crippen LogP) is 1.61. The van der Waals surface area contributed by atoms with Crippen molar-refractivity contribution in [2.75, 3.05) is 38.4 Å². The maximum Gasteiger partial charge on any atom is 0.257 e. The molecule has 5 heterocycles. The summed E-state index contributed by atoms with van der Waals surface area (Å²) in [6.07, 6.45) is 4.23. The van der Waals surface area contributed by atoms with Crippen LogP contribution < -0.4 is 10.1 Å². The van der Waals surface area contributed by atoms with Crippen molar-refractivity contribution in [3.05, 3.63) is 24.2 Å². The summed E-state index contributed by atoms with van der Waals surface area (Å²) in [4.78, 5) is 9.17. The molecule has 1 unspecified atom stereocenters. The van der Waals surface area contributed by atoms with Crippen LogP contribution in [0.4, 0.5) is 11.6 Å². The topological polar surface area (TPSA) is 132 Å². The Balaban J connectivity index is 1.49. The van der Waals surface area contributed by atoms with Gasteiger partial charge in [-0.05, 0) is 12.5 Å². The molecule has 0 radical (unpaired) electrons. The minimum Gasteiger partial charge on any atom is -0.467 e. The average molecular weight is 439 g/mol. The van der Waals surface area contributed by atoms with E-state index in [1.54, 1.807) is 17.1 Å². The van der Waals surface area contributed by atoms with Crippen molar-refractivity contribution in [3.63, 3.8) is 0 Å². The molecule has 2 atom stereocenters. The van der Waals surface area contributed by atoms with Crippen molar-refractivity contribution in [3.8, 4) is 11.9 Å². The number of rotatable bonds is 7. The Hall–Kier alpha value is -3.20. The maximum atomic E-state index is 9.72. The highest BCUT2D eigenvalue weighted by molar-refractivity contribution is 5.79. The summed E-state index contributed by atoms with van der Waals surface area (Å²) in [6.45, 7) is 4.77. The lowest BCUT2D eigenvalue weighted by molar-refractivity contribution is -0.0812. The molecule has 5 rings (SSSR count). The van der Waals surface area contributed by atoms with E-state index in [0.717, 1.165) is 11.8 Å². The number of nitrogens with zero attached hydrogens (tertiary/aromatic N) is 6. The Kier molecular flexibility index (Phi) is 5.65. The zero-order chi connectivity index (χ0) is 22.1. The molecule has 0 saturated carbocycles. The molecule has 2 fully saturated rings. The van der Waals surface area contributed by atoms with Gasteiger partial charge < -0.3 is 29.2 Å². The smallest absolute Gasteiger partial charge is 0.257 e. The molecule has 3 aromatic rings. The minimum atomic E-state index is -0.0538. The van der Waals surface area contributed by atoms with Crippen molar-refractivity contribution < 1.29 is 19.3 Å². The minimum absolute atomic E-state index is 0.0384. The highest BCUT2D eigenvalue weighted by Crippen LogP contribution is 2.33. The van der Waals surface area contributed by atoms with Gasteiger partial charge in [0.15, 0.2) is 0 Å². The molecule has 2 saturated heterocycles. The van der Waals surface area contributed by atoms with Gasteiger partial charge in [0, 0.05) is 30.1 Å². The summed E-state index contributed by atoms with van der Waals surface area (Å²) in [5, 5.41) is 27.4. The molecule has 11 heteroatoms. The normalized spacial score (nSPS) is 21.3. The number of aromatic nitrogens is 5. The number of nitrogens with one attached hydrogen (secondary N) is 1. The van der Waals surface area contributed by atoms with Crippen LogP contribution in [0.15, 0.2) is 18.5 Å². The van der Waals surface area contributed by atoms with Gasteiger partial charge in [0.25, 0.3) is 5.88 Å². The number of anilines is 2. The van der Waals surface area contributed by atoms with Crippen molar-refractivity contribution in [1.29, 1.82) is 5.26 Å². The van der Waals surface area contributed by atoms with Gasteiger partial charge in [-0.15, -0.1) is 5.10 Å². The van der Waals surface area contributed by atoms with E-state index in [9.17, 15) is 10.4 Å². The summed E-state index contributed by atoms with van der Waals surface area (Å²) < 4.78 is 20.3. The fourth-order valence-electron chi connectivity index (χ4n) is 4.10. The summed E-state index contributed by atoms with van der Waals surface area (Å²) in [6, 6.07) is 4.25. The molecule has 2 N–H and O–H groups in total. The third kappa shape index (κ3) is 3.88. The van der Waals surface area contributed by atoms with E-state index in [-0.39, 0.29) is 24.7 Å². The number of nitriles is 1. The standard InChI is InChI=1S/C21H25N7O4/c1-13-10-30-5-2-18(13)28-15(7-22)6-14-8-23-21(25-19(14)28)24-17-9-27(3-4-29)26-20(17)32-16-11-31-12-16/h6,8-9,13,16,18,29H,2-5,10-12H2,1H3,(H,23,24,25)/t13-,18?/m1/s1. The number of ether oxygens (including phenoxy) is 3. The molecule has 11 nitrogen and oxygen atoms in total. The van der Waals surface area contributed by atoms with Gasteiger partial charge in [-0.25, -0.2) is 4.98 Å². The molecule has 0 aromatic carbocycles. The van der Waals surface area contributed by atoms with Gasteiger partial charge in [-0.2, -0.15) is 10.2 Å². The molecule has 3 aromatic heterocycles. The Morgan fingerprint density at radius 3 is 2.94 bits per heavy atom.